The molecule has 0 radical (unpaired) electrons. The molecule has 0 aromatic heterocycles. The van der Waals surface area contributed by atoms with E-state index in [0.29, 0.717) is 12.1 Å². The summed E-state index contributed by atoms with van der Waals surface area (Å²) < 4.78 is 1.14. The van der Waals surface area contributed by atoms with Gasteiger partial charge in [-0.05, 0) is 37.5 Å². The highest BCUT2D eigenvalue weighted by atomic mass is 79.9. The lowest BCUT2D eigenvalue weighted by atomic mass is 9.98. The molecule has 2 N–H and O–H groups in total. The highest BCUT2D eigenvalue weighted by Crippen LogP contribution is 2.19. The van der Waals surface area contributed by atoms with Crippen LogP contribution in [0.2, 0.25) is 0 Å². The van der Waals surface area contributed by atoms with E-state index >= 15 is 0 Å². The normalized spacial score (nSPS) is 26.9. The molecule has 1 saturated heterocycles. The average molecular weight is 283 g/mol. The Kier molecular flexibility index (Phi) is 4.00. The molecule has 1 aliphatic heterocycles. The first-order valence-electron chi connectivity index (χ1n) is 5.89. The van der Waals surface area contributed by atoms with Crippen LogP contribution < -0.4 is 5.73 Å². The zero-order valence-corrected chi connectivity index (χ0v) is 11.3. The molecule has 1 heterocycles. The Morgan fingerprint density at radius 3 is 2.69 bits per heavy atom. The van der Waals surface area contributed by atoms with E-state index in [9.17, 15) is 0 Å². The summed E-state index contributed by atoms with van der Waals surface area (Å²) in [4.78, 5) is 2.52. The molecule has 88 valence electrons. The van der Waals surface area contributed by atoms with Gasteiger partial charge in [-0.15, -0.1) is 0 Å². The average Bonchev–Trinajstić information content (AvgIpc) is 2.25. The maximum atomic E-state index is 5.97. The Morgan fingerprint density at radius 2 is 2.06 bits per heavy atom. The van der Waals surface area contributed by atoms with E-state index in [1.807, 2.05) is 0 Å². The molecule has 1 fully saturated rings. The van der Waals surface area contributed by atoms with E-state index in [2.05, 4.69) is 52.0 Å². The molecule has 1 aromatic carbocycles. The van der Waals surface area contributed by atoms with Crippen LogP contribution >= 0.6 is 15.9 Å². The Bertz CT molecular complexity index is 336. The van der Waals surface area contributed by atoms with Crippen molar-refractivity contribution in [2.45, 2.75) is 38.4 Å². The highest BCUT2D eigenvalue weighted by molar-refractivity contribution is 9.10. The molecular weight excluding hydrogens is 264 g/mol. The van der Waals surface area contributed by atoms with Crippen molar-refractivity contribution in [1.82, 2.24) is 4.90 Å². The maximum absolute atomic E-state index is 5.97. The number of hydrogen-bond acceptors (Lipinski definition) is 2. The molecule has 16 heavy (non-hydrogen) atoms. The van der Waals surface area contributed by atoms with E-state index in [1.54, 1.807) is 0 Å². The minimum Gasteiger partial charge on any atom is -0.328 e. The number of halogens is 1. The molecule has 2 nitrogen and oxygen atoms in total. The summed E-state index contributed by atoms with van der Waals surface area (Å²) in [6.07, 6.45) is 2.25. The molecule has 2 unspecified atom stereocenters. The van der Waals surface area contributed by atoms with Crippen molar-refractivity contribution in [1.29, 1.82) is 0 Å². The van der Waals surface area contributed by atoms with E-state index in [4.69, 9.17) is 5.73 Å². The number of hydrogen-bond donors (Lipinski definition) is 1. The van der Waals surface area contributed by atoms with Gasteiger partial charge in [-0.3, -0.25) is 4.90 Å². The van der Waals surface area contributed by atoms with Crippen LogP contribution in [0.25, 0.3) is 0 Å². The Morgan fingerprint density at radius 1 is 1.38 bits per heavy atom. The molecule has 0 spiro atoms. The maximum Gasteiger partial charge on any atom is 0.0236 e. The van der Waals surface area contributed by atoms with Crippen LogP contribution in [0.4, 0.5) is 0 Å². The zero-order valence-electron chi connectivity index (χ0n) is 9.70. The zero-order chi connectivity index (χ0) is 11.5. The Hall–Kier alpha value is -0.380. The minimum absolute atomic E-state index is 0.399. The van der Waals surface area contributed by atoms with Crippen LogP contribution in [0.1, 0.15) is 25.3 Å². The molecule has 0 aliphatic carbocycles. The van der Waals surface area contributed by atoms with Crippen molar-refractivity contribution < 1.29 is 0 Å². The van der Waals surface area contributed by atoms with Gasteiger partial charge in [0.2, 0.25) is 0 Å². The number of nitrogens with two attached hydrogens (primary N) is 1. The molecule has 0 bridgehead atoms. The highest BCUT2D eigenvalue weighted by Gasteiger charge is 2.22. The number of benzene rings is 1. The fourth-order valence-electron chi connectivity index (χ4n) is 2.32. The van der Waals surface area contributed by atoms with Crippen LogP contribution in [0.5, 0.6) is 0 Å². The topological polar surface area (TPSA) is 29.3 Å². The Labute approximate surface area is 106 Å². The summed E-state index contributed by atoms with van der Waals surface area (Å²) in [5, 5.41) is 0. The van der Waals surface area contributed by atoms with Gasteiger partial charge in [0.25, 0.3) is 0 Å². The van der Waals surface area contributed by atoms with Gasteiger partial charge in [0.1, 0.15) is 0 Å². The van der Waals surface area contributed by atoms with Crippen LogP contribution in [0, 0.1) is 0 Å². The second kappa shape index (κ2) is 5.30. The molecule has 1 aliphatic rings. The van der Waals surface area contributed by atoms with Gasteiger partial charge in [0, 0.05) is 29.6 Å². The van der Waals surface area contributed by atoms with Crippen LogP contribution in [-0.2, 0) is 6.54 Å². The lowest BCUT2D eigenvalue weighted by Gasteiger charge is -2.36. The first-order chi connectivity index (χ1) is 7.65. The molecule has 2 rings (SSSR count). The Balaban J connectivity index is 1.96. The number of piperidine rings is 1. The monoisotopic (exact) mass is 282 g/mol. The molecule has 0 amide bonds. The standard InChI is InChI=1S/C13H19BrN2/c1-10-8-13(15)6-7-16(10)9-11-2-4-12(14)5-3-11/h2-5,10,13H,6-9,15H2,1H3. The van der Waals surface area contributed by atoms with Gasteiger partial charge in [-0.25, -0.2) is 0 Å². The van der Waals surface area contributed by atoms with Gasteiger partial charge >= 0.3 is 0 Å². The third kappa shape index (κ3) is 3.06. The van der Waals surface area contributed by atoms with E-state index in [0.717, 1.165) is 30.4 Å². The summed E-state index contributed by atoms with van der Waals surface area (Å²) >= 11 is 3.46. The first kappa shape index (κ1) is 12.1. The van der Waals surface area contributed by atoms with E-state index in [-0.39, 0.29) is 0 Å². The predicted molar refractivity (Wildman–Crippen MR) is 71.2 cm³/mol. The number of nitrogens with zero attached hydrogens (tertiary/aromatic N) is 1. The van der Waals surface area contributed by atoms with E-state index in [1.165, 1.54) is 5.56 Å². The SMILES string of the molecule is CC1CC(N)CCN1Cc1ccc(Br)cc1. The van der Waals surface area contributed by atoms with Crippen molar-refractivity contribution >= 4 is 15.9 Å². The summed E-state index contributed by atoms with van der Waals surface area (Å²) in [6, 6.07) is 9.59. The minimum atomic E-state index is 0.399. The van der Waals surface area contributed by atoms with Crippen molar-refractivity contribution in [3.05, 3.63) is 34.3 Å². The van der Waals surface area contributed by atoms with Gasteiger partial charge in [-0.2, -0.15) is 0 Å². The van der Waals surface area contributed by atoms with Crippen LogP contribution in [0.3, 0.4) is 0 Å². The summed E-state index contributed by atoms with van der Waals surface area (Å²) in [5.41, 5.74) is 7.35. The van der Waals surface area contributed by atoms with Gasteiger partial charge in [-0.1, -0.05) is 28.1 Å². The van der Waals surface area contributed by atoms with Crippen molar-refractivity contribution in [2.24, 2.45) is 5.73 Å². The van der Waals surface area contributed by atoms with Gasteiger partial charge < -0.3 is 5.73 Å². The molecular formula is C13H19BrN2. The summed E-state index contributed by atoms with van der Waals surface area (Å²) in [5.74, 6) is 0. The second-order valence-electron chi connectivity index (χ2n) is 4.73. The van der Waals surface area contributed by atoms with E-state index < -0.39 is 0 Å². The fourth-order valence-corrected chi connectivity index (χ4v) is 2.58. The first-order valence-corrected chi connectivity index (χ1v) is 6.68. The number of rotatable bonds is 2. The van der Waals surface area contributed by atoms with Gasteiger partial charge in [0.15, 0.2) is 0 Å². The molecule has 2 atom stereocenters. The fraction of sp³-hybridized carbons (Fsp3) is 0.538. The van der Waals surface area contributed by atoms with Crippen molar-refractivity contribution in [2.75, 3.05) is 6.54 Å². The number of likely N-dealkylation sites (tertiary alicyclic amines) is 1. The lowest BCUT2D eigenvalue weighted by molar-refractivity contribution is 0.140. The van der Waals surface area contributed by atoms with Crippen molar-refractivity contribution in [3.8, 4) is 0 Å². The summed E-state index contributed by atoms with van der Waals surface area (Å²) in [7, 11) is 0. The third-order valence-electron chi connectivity index (χ3n) is 3.35. The third-order valence-corrected chi connectivity index (χ3v) is 3.88. The smallest absolute Gasteiger partial charge is 0.0236 e. The predicted octanol–water partition coefficient (Wildman–Crippen LogP) is 2.76. The van der Waals surface area contributed by atoms with Gasteiger partial charge in [0.05, 0.1) is 0 Å². The quantitative estimate of drug-likeness (QED) is 0.904. The largest absolute Gasteiger partial charge is 0.328 e. The molecule has 0 saturated carbocycles. The lowest BCUT2D eigenvalue weighted by Crippen LogP contribution is -2.44. The van der Waals surface area contributed by atoms with Crippen LogP contribution in [-0.4, -0.2) is 23.5 Å². The molecule has 1 aromatic rings. The van der Waals surface area contributed by atoms with Crippen LogP contribution in [0.15, 0.2) is 28.7 Å². The van der Waals surface area contributed by atoms with Crippen molar-refractivity contribution in [3.63, 3.8) is 0 Å². The molecule has 3 heteroatoms. The second-order valence-corrected chi connectivity index (χ2v) is 5.65. The summed E-state index contributed by atoms with van der Waals surface area (Å²) in [6.45, 7) is 4.44.